The molecule has 0 saturated heterocycles. The Morgan fingerprint density at radius 2 is 1.78 bits per heavy atom. The highest BCUT2D eigenvalue weighted by molar-refractivity contribution is 7.92. The summed E-state index contributed by atoms with van der Waals surface area (Å²) in [5.41, 5.74) is 1.35. The van der Waals surface area contributed by atoms with Crippen LogP contribution in [0.3, 0.4) is 0 Å². The number of hydrogen-bond donors (Lipinski definition) is 1. The monoisotopic (exact) mass is 476 g/mol. The average molecular weight is 477 g/mol. The Morgan fingerprint density at radius 3 is 2.44 bits per heavy atom. The lowest BCUT2D eigenvalue weighted by molar-refractivity contribution is -0.116. The van der Waals surface area contributed by atoms with Crippen LogP contribution in [-0.4, -0.2) is 51.5 Å². The van der Waals surface area contributed by atoms with Gasteiger partial charge in [-0.15, -0.1) is 10.2 Å². The second kappa shape index (κ2) is 10.4. The number of carbonyl (C=O) groups excluding carboxylic acids is 1. The first-order valence-corrected chi connectivity index (χ1v) is 12.4. The number of ether oxygens (including phenoxy) is 2. The molecule has 0 aliphatic carbocycles. The van der Waals surface area contributed by atoms with Gasteiger partial charge in [0.05, 0.1) is 26.2 Å². The molecule has 3 aromatic rings. The van der Waals surface area contributed by atoms with Gasteiger partial charge < -0.3 is 14.8 Å². The van der Waals surface area contributed by atoms with E-state index in [0.29, 0.717) is 28.0 Å². The molecule has 0 saturated carbocycles. The van der Waals surface area contributed by atoms with Crippen molar-refractivity contribution in [3.05, 3.63) is 48.5 Å². The van der Waals surface area contributed by atoms with Crippen LogP contribution in [0.15, 0.2) is 48.5 Å². The number of hydrogen-bond acceptors (Lipinski definition) is 8. The number of benzene rings is 2. The molecule has 0 spiro atoms. The first-order chi connectivity index (χ1) is 15.3. The SMILES string of the molecule is COc1ccc(-c2nnc(NC(=O)CCCN(c3cccc(OC)c3)S(C)(=O)=O)s2)cc1. The molecule has 0 aliphatic heterocycles. The summed E-state index contributed by atoms with van der Waals surface area (Å²) in [5, 5.41) is 11.9. The standard InChI is InChI=1S/C21H24N4O5S2/c1-29-17-11-9-15(10-12-17)20-23-24-21(31-20)22-19(26)8-5-13-25(32(3,27)28)16-6-4-7-18(14-16)30-2/h4,6-7,9-12,14H,5,8,13H2,1-3H3,(H,22,24,26). The maximum atomic E-state index is 12.3. The van der Waals surface area contributed by atoms with Crippen LogP contribution in [0.25, 0.3) is 10.6 Å². The Kier molecular flexibility index (Phi) is 7.65. The third-order valence-electron chi connectivity index (χ3n) is 4.51. The topological polar surface area (TPSA) is 111 Å². The van der Waals surface area contributed by atoms with E-state index in [9.17, 15) is 13.2 Å². The second-order valence-corrected chi connectivity index (χ2v) is 9.71. The summed E-state index contributed by atoms with van der Waals surface area (Å²) >= 11 is 1.26. The number of anilines is 2. The number of rotatable bonds is 10. The summed E-state index contributed by atoms with van der Waals surface area (Å²) in [6, 6.07) is 14.2. The van der Waals surface area contributed by atoms with Crippen LogP contribution in [-0.2, 0) is 14.8 Å². The van der Waals surface area contributed by atoms with Crippen LogP contribution in [0.4, 0.5) is 10.8 Å². The summed E-state index contributed by atoms with van der Waals surface area (Å²) < 4.78 is 36.0. The molecule has 170 valence electrons. The summed E-state index contributed by atoms with van der Waals surface area (Å²) in [6.07, 6.45) is 1.60. The van der Waals surface area contributed by atoms with Crippen molar-refractivity contribution in [2.45, 2.75) is 12.8 Å². The maximum absolute atomic E-state index is 12.3. The molecule has 0 aliphatic rings. The minimum atomic E-state index is -3.52. The molecular weight excluding hydrogens is 452 g/mol. The smallest absolute Gasteiger partial charge is 0.232 e. The predicted octanol–water partition coefficient (Wildman–Crippen LogP) is 3.41. The minimum Gasteiger partial charge on any atom is -0.497 e. The Balaban J connectivity index is 1.57. The van der Waals surface area contributed by atoms with Crippen molar-refractivity contribution >= 4 is 38.1 Å². The molecule has 0 atom stereocenters. The molecule has 2 aromatic carbocycles. The van der Waals surface area contributed by atoms with E-state index < -0.39 is 10.0 Å². The zero-order chi connectivity index (χ0) is 23.1. The van der Waals surface area contributed by atoms with Crippen molar-refractivity contribution < 1.29 is 22.7 Å². The number of methoxy groups -OCH3 is 2. The van der Waals surface area contributed by atoms with Gasteiger partial charge in [-0.1, -0.05) is 17.4 Å². The zero-order valence-electron chi connectivity index (χ0n) is 17.9. The van der Waals surface area contributed by atoms with E-state index >= 15 is 0 Å². The van der Waals surface area contributed by atoms with E-state index in [0.717, 1.165) is 17.6 Å². The first-order valence-electron chi connectivity index (χ1n) is 9.69. The number of sulfonamides is 1. The molecule has 3 rings (SSSR count). The molecule has 11 heteroatoms. The molecule has 1 heterocycles. The van der Waals surface area contributed by atoms with Crippen LogP contribution in [0.5, 0.6) is 11.5 Å². The number of amides is 1. The fourth-order valence-corrected chi connectivity index (χ4v) is 4.66. The van der Waals surface area contributed by atoms with Crippen LogP contribution < -0.4 is 19.1 Å². The second-order valence-electron chi connectivity index (χ2n) is 6.83. The Bertz CT molecular complexity index is 1160. The number of aromatic nitrogens is 2. The van der Waals surface area contributed by atoms with Gasteiger partial charge in [-0.3, -0.25) is 9.10 Å². The highest BCUT2D eigenvalue weighted by Gasteiger charge is 2.18. The van der Waals surface area contributed by atoms with Gasteiger partial charge in [0, 0.05) is 24.6 Å². The molecule has 0 unspecified atom stereocenters. The third-order valence-corrected chi connectivity index (χ3v) is 6.60. The summed E-state index contributed by atoms with van der Waals surface area (Å²) in [6.45, 7) is 0.159. The van der Waals surface area contributed by atoms with Crippen molar-refractivity contribution in [1.29, 1.82) is 0 Å². The number of nitrogens with zero attached hydrogens (tertiary/aromatic N) is 3. The van der Waals surface area contributed by atoms with Gasteiger partial charge in [0.15, 0.2) is 0 Å². The van der Waals surface area contributed by atoms with Gasteiger partial charge in [0.25, 0.3) is 0 Å². The quantitative estimate of drug-likeness (QED) is 0.477. The van der Waals surface area contributed by atoms with Gasteiger partial charge in [-0.2, -0.15) is 0 Å². The highest BCUT2D eigenvalue weighted by atomic mass is 32.2. The van der Waals surface area contributed by atoms with Crippen molar-refractivity contribution in [2.75, 3.05) is 36.6 Å². The van der Waals surface area contributed by atoms with Gasteiger partial charge in [-0.05, 0) is 42.8 Å². The largest absolute Gasteiger partial charge is 0.497 e. The summed E-state index contributed by atoms with van der Waals surface area (Å²) in [7, 11) is -0.403. The Labute approximate surface area is 191 Å². The molecule has 32 heavy (non-hydrogen) atoms. The van der Waals surface area contributed by atoms with E-state index in [1.807, 2.05) is 24.3 Å². The summed E-state index contributed by atoms with van der Waals surface area (Å²) in [4.78, 5) is 12.3. The molecule has 1 amide bonds. The lowest BCUT2D eigenvalue weighted by atomic mass is 10.2. The van der Waals surface area contributed by atoms with Crippen LogP contribution in [0.2, 0.25) is 0 Å². The van der Waals surface area contributed by atoms with Crippen molar-refractivity contribution in [2.24, 2.45) is 0 Å². The zero-order valence-corrected chi connectivity index (χ0v) is 19.6. The van der Waals surface area contributed by atoms with E-state index in [4.69, 9.17) is 9.47 Å². The van der Waals surface area contributed by atoms with E-state index in [-0.39, 0.29) is 18.9 Å². The van der Waals surface area contributed by atoms with Gasteiger partial charge in [0.1, 0.15) is 16.5 Å². The summed E-state index contributed by atoms with van der Waals surface area (Å²) in [5.74, 6) is 1.03. The first kappa shape index (κ1) is 23.5. The third kappa shape index (κ3) is 6.17. The lowest BCUT2D eigenvalue weighted by Gasteiger charge is -2.22. The van der Waals surface area contributed by atoms with Crippen molar-refractivity contribution in [1.82, 2.24) is 10.2 Å². The maximum Gasteiger partial charge on any atom is 0.232 e. The van der Waals surface area contributed by atoms with E-state index in [2.05, 4.69) is 15.5 Å². The average Bonchev–Trinajstić information content (AvgIpc) is 3.24. The van der Waals surface area contributed by atoms with E-state index in [1.54, 1.807) is 31.4 Å². The van der Waals surface area contributed by atoms with Crippen molar-refractivity contribution in [3.63, 3.8) is 0 Å². The van der Waals surface area contributed by atoms with Crippen molar-refractivity contribution in [3.8, 4) is 22.1 Å². The fourth-order valence-electron chi connectivity index (χ4n) is 2.94. The minimum absolute atomic E-state index is 0.132. The Morgan fingerprint density at radius 1 is 1.06 bits per heavy atom. The van der Waals surface area contributed by atoms with Gasteiger partial charge in [-0.25, -0.2) is 8.42 Å². The van der Waals surface area contributed by atoms with Gasteiger partial charge in [0.2, 0.25) is 21.1 Å². The molecule has 9 nitrogen and oxygen atoms in total. The van der Waals surface area contributed by atoms with Gasteiger partial charge >= 0.3 is 0 Å². The molecule has 0 radical (unpaired) electrons. The van der Waals surface area contributed by atoms with Crippen LogP contribution >= 0.6 is 11.3 Å². The predicted molar refractivity (Wildman–Crippen MR) is 125 cm³/mol. The molecular formula is C21H24N4O5S2. The molecule has 0 fully saturated rings. The Hall–Kier alpha value is -3.18. The lowest BCUT2D eigenvalue weighted by Crippen LogP contribution is -2.31. The fraction of sp³-hybridized carbons (Fsp3) is 0.286. The van der Waals surface area contributed by atoms with Crippen LogP contribution in [0, 0.1) is 0 Å². The molecule has 1 N–H and O–H groups in total. The number of carbonyl (C=O) groups is 1. The van der Waals surface area contributed by atoms with E-state index in [1.165, 1.54) is 22.8 Å². The molecule has 0 bridgehead atoms. The normalized spacial score (nSPS) is 11.1. The molecule has 1 aromatic heterocycles. The van der Waals surface area contributed by atoms with Crippen LogP contribution in [0.1, 0.15) is 12.8 Å². The number of nitrogens with one attached hydrogen (secondary N) is 1. The highest BCUT2D eigenvalue weighted by Crippen LogP contribution is 2.28.